The van der Waals surface area contributed by atoms with Crippen LogP contribution in [0.3, 0.4) is 0 Å². The van der Waals surface area contributed by atoms with Crippen LogP contribution in [0.15, 0.2) is 12.3 Å². The van der Waals surface area contributed by atoms with Gasteiger partial charge >= 0.3 is 0 Å². The molecule has 1 fully saturated rings. The van der Waals surface area contributed by atoms with Crippen LogP contribution >= 0.6 is 0 Å². The molecule has 4 heteroatoms. The van der Waals surface area contributed by atoms with E-state index in [4.69, 9.17) is 5.73 Å². The number of anilines is 1. The Morgan fingerprint density at radius 1 is 1.56 bits per heavy atom. The lowest BCUT2D eigenvalue weighted by Gasteiger charge is -2.17. The molecule has 3 N–H and O–H groups in total. The summed E-state index contributed by atoms with van der Waals surface area (Å²) in [5.41, 5.74) is 6.88. The number of hydrogen-bond donors (Lipinski definition) is 2. The SMILES string of the molecule is CC1(C)CCC(Nc2nccc(CN)n2)C1. The predicted octanol–water partition coefficient (Wildman–Crippen LogP) is 1.93. The van der Waals surface area contributed by atoms with E-state index >= 15 is 0 Å². The van der Waals surface area contributed by atoms with Gasteiger partial charge in [0.05, 0.1) is 5.69 Å². The van der Waals surface area contributed by atoms with Gasteiger partial charge in [0.25, 0.3) is 0 Å². The first-order valence-electron chi connectivity index (χ1n) is 5.88. The molecule has 0 bridgehead atoms. The monoisotopic (exact) mass is 220 g/mol. The van der Waals surface area contributed by atoms with E-state index in [0.717, 1.165) is 5.69 Å². The number of rotatable bonds is 3. The predicted molar refractivity (Wildman–Crippen MR) is 65.0 cm³/mol. The van der Waals surface area contributed by atoms with Crippen LogP contribution in [0, 0.1) is 5.41 Å². The summed E-state index contributed by atoms with van der Waals surface area (Å²) in [7, 11) is 0. The molecule has 0 aliphatic heterocycles. The highest BCUT2D eigenvalue weighted by atomic mass is 15.1. The van der Waals surface area contributed by atoms with Gasteiger partial charge in [-0.2, -0.15) is 0 Å². The molecule has 0 radical (unpaired) electrons. The van der Waals surface area contributed by atoms with E-state index in [0.29, 0.717) is 23.9 Å². The molecule has 0 saturated heterocycles. The molecule has 0 aromatic carbocycles. The number of aromatic nitrogens is 2. The lowest BCUT2D eigenvalue weighted by atomic mass is 9.92. The molecule has 0 amide bonds. The first-order chi connectivity index (χ1) is 7.59. The van der Waals surface area contributed by atoms with Gasteiger partial charge in [0, 0.05) is 18.8 Å². The Labute approximate surface area is 96.7 Å². The van der Waals surface area contributed by atoms with Crippen LogP contribution in [0.25, 0.3) is 0 Å². The zero-order valence-electron chi connectivity index (χ0n) is 10.0. The van der Waals surface area contributed by atoms with Crippen molar-refractivity contribution in [3.05, 3.63) is 18.0 Å². The molecule has 16 heavy (non-hydrogen) atoms. The summed E-state index contributed by atoms with van der Waals surface area (Å²) in [5.74, 6) is 0.714. The number of nitrogens with one attached hydrogen (secondary N) is 1. The maximum absolute atomic E-state index is 5.55. The third-order valence-electron chi connectivity index (χ3n) is 3.22. The minimum absolute atomic E-state index is 0.448. The lowest BCUT2D eigenvalue weighted by molar-refractivity contribution is 0.378. The maximum atomic E-state index is 5.55. The van der Waals surface area contributed by atoms with E-state index in [9.17, 15) is 0 Å². The smallest absolute Gasteiger partial charge is 0.223 e. The summed E-state index contributed by atoms with van der Waals surface area (Å²) < 4.78 is 0. The second kappa shape index (κ2) is 4.37. The fraction of sp³-hybridized carbons (Fsp3) is 0.667. The Balaban J connectivity index is 1.99. The highest BCUT2D eigenvalue weighted by Crippen LogP contribution is 2.37. The fourth-order valence-corrected chi connectivity index (χ4v) is 2.32. The highest BCUT2D eigenvalue weighted by molar-refractivity contribution is 5.27. The summed E-state index contributed by atoms with van der Waals surface area (Å²) in [6.45, 7) is 5.09. The quantitative estimate of drug-likeness (QED) is 0.817. The number of nitrogens with zero attached hydrogens (tertiary/aromatic N) is 2. The van der Waals surface area contributed by atoms with Crippen molar-refractivity contribution in [1.29, 1.82) is 0 Å². The standard InChI is InChI=1S/C12H20N4/c1-12(2)5-3-9(7-12)15-11-14-6-4-10(8-13)16-11/h4,6,9H,3,5,7-8,13H2,1-2H3,(H,14,15,16). The average Bonchev–Trinajstić information content (AvgIpc) is 2.58. The highest BCUT2D eigenvalue weighted by Gasteiger charge is 2.31. The minimum Gasteiger partial charge on any atom is -0.351 e. The molecule has 1 aliphatic rings. The third kappa shape index (κ3) is 2.70. The van der Waals surface area contributed by atoms with Crippen LogP contribution in [-0.4, -0.2) is 16.0 Å². The molecule has 1 aliphatic carbocycles. The van der Waals surface area contributed by atoms with Crippen molar-refractivity contribution in [3.63, 3.8) is 0 Å². The van der Waals surface area contributed by atoms with Crippen LogP contribution in [-0.2, 0) is 6.54 Å². The normalized spacial score (nSPS) is 23.3. The van der Waals surface area contributed by atoms with E-state index in [-0.39, 0.29) is 0 Å². The molecular formula is C12H20N4. The molecule has 2 rings (SSSR count). The number of hydrogen-bond acceptors (Lipinski definition) is 4. The minimum atomic E-state index is 0.448. The Kier molecular flexibility index (Phi) is 3.10. The summed E-state index contributed by atoms with van der Waals surface area (Å²) in [6, 6.07) is 2.35. The summed E-state index contributed by atoms with van der Waals surface area (Å²) in [5, 5.41) is 3.39. The van der Waals surface area contributed by atoms with Gasteiger partial charge in [-0.15, -0.1) is 0 Å². The van der Waals surface area contributed by atoms with E-state index < -0.39 is 0 Å². The van der Waals surface area contributed by atoms with E-state index in [2.05, 4.69) is 29.1 Å². The summed E-state index contributed by atoms with van der Waals surface area (Å²) >= 11 is 0. The van der Waals surface area contributed by atoms with Crippen molar-refractivity contribution < 1.29 is 0 Å². The van der Waals surface area contributed by atoms with Gasteiger partial charge in [-0.05, 0) is 30.7 Å². The zero-order chi connectivity index (χ0) is 11.6. The van der Waals surface area contributed by atoms with Crippen LogP contribution in [0.1, 0.15) is 38.8 Å². The molecular weight excluding hydrogens is 200 g/mol. The van der Waals surface area contributed by atoms with Crippen molar-refractivity contribution in [1.82, 2.24) is 9.97 Å². The van der Waals surface area contributed by atoms with Crippen molar-refractivity contribution in [3.8, 4) is 0 Å². The topological polar surface area (TPSA) is 63.8 Å². The van der Waals surface area contributed by atoms with Crippen LogP contribution in [0.2, 0.25) is 0 Å². The Bertz CT molecular complexity index is 362. The van der Waals surface area contributed by atoms with Crippen LogP contribution < -0.4 is 11.1 Å². The fourth-order valence-electron chi connectivity index (χ4n) is 2.32. The molecule has 1 unspecified atom stereocenters. The van der Waals surface area contributed by atoms with Crippen molar-refractivity contribution in [2.24, 2.45) is 11.1 Å². The van der Waals surface area contributed by atoms with E-state index in [1.54, 1.807) is 6.20 Å². The van der Waals surface area contributed by atoms with Gasteiger partial charge in [0.1, 0.15) is 0 Å². The second-order valence-corrected chi connectivity index (χ2v) is 5.32. The van der Waals surface area contributed by atoms with Gasteiger partial charge < -0.3 is 11.1 Å². The summed E-state index contributed by atoms with van der Waals surface area (Å²) in [4.78, 5) is 8.58. The zero-order valence-corrected chi connectivity index (χ0v) is 10.0. The van der Waals surface area contributed by atoms with E-state index in [1.165, 1.54) is 19.3 Å². The van der Waals surface area contributed by atoms with Gasteiger partial charge in [-0.3, -0.25) is 0 Å². The van der Waals surface area contributed by atoms with Crippen molar-refractivity contribution in [2.45, 2.75) is 45.7 Å². The average molecular weight is 220 g/mol. The van der Waals surface area contributed by atoms with Crippen molar-refractivity contribution >= 4 is 5.95 Å². The molecule has 88 valence electrons. The second-order valence-electron chi connectivity index (χ2n) is 5.32. The lowest BCUT2D eigenvalue weighted by Crippen LogP contribution is -2.19. The summed E-state index contributed by atoms with van der Waals surface area (Å²) in [6.07, 6.45) is 5.41. The molecule has 1 heterocycles. The van der Waals surface area contributed by atoms with Gasteiger partial charge in [-0.1, -0.05) is 13.8 Å². The Morgan fingerprint density at radius 3 is 3.00 bits per heavy atom. The van der Waals surface area contributed by atoms with Gasteiger partial charge in [0.15, 0.2) is 0 Å². The number of nitrogens with two attached hydrogens (primary N) is 1. The first kappa shape index (κ1) is 11.3. The largest absolute Gasteiger partial charge is 0.351 e. The molecule has 1 atom stereocenters. The van der Waals surface area contributed by atoms with Crippen LogP contribution in [0.4, 0.5) is 5.95 Å². The van der Waals surface area contributed by atoms with Crippen molar-refractivity contribution in [2.75, 3.05) is 5.32 Å². The Morgan fingerprint density at radius 2 is 2.38 bits per heavy atom. The molecule has 4 nitrogen and oxygen atoms in total. The van der Waals surface area contributed by atoms with Gasteiger partial charge in [0.2, 0.25) is 5.95 Å². The first-order valence-corrected chi connectivity index (χ1v) is 5.88. The third-order valence-corrected chi connectivity index (χ3v) is 3.22. The molecule has 0 spiro atoms. The maximum Gasteiger partial charge on any atom is 0.223 e. The molecule has 1 aromatic heterocycles. The molecule has 1 aromatic rings. The molecule has 1 saturated carbocycles. The van der Waals surface area contributed by atoms with Gasteiger partial charge in [-0.25, -0.2) is 9.97 Å². The van der Waals surface area contributed by atoms with Crippen LogP contribution in [0.5, 0.6) is 0 Å². The Hall–Kier alpha value is -1.16. The van der Waals surface area contributed by atoms with E-state index in [1.807, 2.05) is 6.07 Å².